The van der Waals surface area contributed by atoms with Crippen LogP contribution in [0.15, 0.2) is 53.1 Å². The lowest BCUT2D eigenvalue weighted by molar-refractivity contribution is 0.210. The molecule has 1 saturated carbocycles. The molecule has 2 N–H and O–H groups in total. The fourth-order valence-electron chi connectivity index (χ4n) is 3.35. The van der Waals surface area contributed by atoms with E-state index in [2.05, 4.69) is 20.8 Å². The lowest BCUT2D eigenvalue weighted by Gasteiger charge is -2.14. The highest BCUT2D eigenvalue weighted by Gasteiger charge is 2.16. The number of ether oxygens (including phenoxy) is 2. The van der Waals surface area contributed by atoms with Crippen LogP contribution < -0.4 is 20.1 Å². The first-order valence-electron chi connectivity index (χ1n) is 9.98. The van der Waals surface area contributed by atoms with Gasteiger partial charge >= 0.3 is 0 Å². The molecular formula is C22H24N4O3S. The molecule has 1 heterocycles. The van der Waals surface area contributed by atoms with Crippen molar-refractivity contribution in [3.8, 4) is 22.9 Å². The van der Waals surface area contributed by atoms with E-state index >= 15 is 0 Å². The number of benzene rings is 2. The van der Waals surface area contributed by atoms with Crippen molar-refractivity contribution in [3.05, 3.63) is 54.4 Å². The minimum Gasteiger partial charge on any atom is -0.497 e. The van der Waals surface area contributed by atoms with Crippen molar-refractivity contribution in [3.63, 3.8) is 0 Å². The van der Waals surface area contributed by atoms with Crippen LogP contribution in [0, 0.1) is 0 Å². The SMILES string of the molecule is COc1cccc(-c2noc(CNC(=S)Nc3ccc(OC4CCCC4)cc3)n2)c1. The molecule has 1 aliphatic carbocycles. The van der Waals surface area contributed by atoms with Gasteiger partial charge in [0.1, 0.15) is 11.5 Å². The average Bonchev–Trinajstić information content (AvgIpc) is 3.46. The van der Waals surface area contributed by atoms with Crippen LogP contribution in [0.25, 0.3) is 11.4 Å². The third kappa shape index (κ3) is 5.27. The lowest BCUT2D eigenvalue weighted by Crippen LogP contribution is -2.28. The molecule has 0 spiro atoms. The Kier molecular flexibility index (Phi) is 6.44. The summed E-state index contributed by atoms with van der Waals surface area (Å²) in [4.78, 5) is 4.40. The van der Waals surface area contributed by atoms with Crippen LogP contribution >= 0.6 is 12.2 Å². The smallest absolute Gasteiger partial charge is 0.246 e. The van der Waals surface area contributed by atoms with Gasteiger partial charge in [-0.05, 0) is 74.3 Å². The number of hydrogen-bond donors (Lipinski definition) is 2. The molecule has 1 aliphatic rings. The lowest BCUT2D eigenvalue weighted by atomic mass is 10.2. The zero-order valence-electron chi connectivity index (χ0n) is 16.8. The Morgan fingerprint density at radius 2 is 1.93 bits per heavy atom. The molecule has 1 fully saturated rings. The van der Waals surface area contributed by atoms with Crippen LogP contribution in [0.3, 0.4) is 0 Å². The van der Waals surface area contributed by atoms with E-state index in [1.807, 2.05) is 48.5 Å². The second kappa shape index (κ2) is 9.58. The first-order chi connectivity index (χ1) is 14.7. The Bertz CT molecular complexity index is 984. The average molecular weight is 425 g/mol. The largest absolute Gasteiger partial charge is 0.497 e. The van der Waals surface area contributed by atoms with Crippen molar-refractivity contribution in [2.45, 2.75) is 38.3 Å². The number of rotatable bonds is 7. The molecule has 0 aliphatic heterocycles. The van der Waals surface area contributed by atoms with Gasteiger partial charge in [-0.15, -0.1) is 0 Å². The van der Waals surface area contributed by atoms with E-state index in [9.17, 15) is 0 Å². The zero-order valence-corrected chi connectivity index (χ0v) is 17.6. The molecule has 0 unspecified atom stereocenters. The van der Waals surface area contributed by atoms with Crippen LogP contribution in [0.1, 0.15) is 31.6 Å². The molecule has 7 nitrogen and oxygen atoms in total. The van der Waals surface area contributed by atoms with Crippen molar-refractivity contribution in [2.24, 2.45) is 0 Å². The van der Waals surface area contributed by atoms with Gasteiger partial charge in [0.2, 0.25) is 11.7 Å². The van der Waals surface area contributed by atoms with E-state index in [0.29, 0.717) is 29.5 Å². The quantitative estimate of drug-likeness (QED) is 0.535. The summed E-state index contributed by atoms with van der Waals surface area (Å²) in [6.07, 6.45) is 5.14. The number of anilines is 1. The zero-order chi connectivity index (χ0) is 20.8. The fraction of sp³-hybridized carbons (Fsp3) is 0.318. The Hall–Kier alpha value is -3.13. The predicted molar refractivity (Wildman–Crippen MR) is 119 cm³/mol. The maximum absolute atomic E-state index is 5.98. The third-order valence-corrected chi connectivity index (χ3v) is 5.16. The van der Waals surface area contributed by atoms with Gasteiger partial charge in [-0.2, -0.15) is 4.98 Å². The van der Waals surface area contributed by atoms with Crippen LogP contribution in [-0.2, 0) is 6.54 Å². The molecule has 30 heavy (non-hydrogen) atoms. The summed E-state index contributed by atoms with van der Waals surface area (Å²) in [6, 6.07) is 15.3. The molecule has 8 heteroatoms. The van der Waals surface area contributed by atoms with Crippen molar-refractivity contribution >= 4 is 23.0 Å². The van der Waals surface area contributed by atoms with Gasteiger partial charge in [0, 0.05) is 11.3 Å². The summed E-state index contributed by atoms with van der Waals surface area (Å²) in [5, 5.41) is 10.7. The van der Waals surface area contributed by atoms with Gasteiger partial charge in [0.15, 0.2) is 5.11 Å². The van der Waals surface area contributed by atoms with Gasteiger partial charge in [0.05, 0.1) is 19.8 Å². The van der Waals surface area contributed by atoms with Crippen LogP contribution in [0.5, 0.6) is 11.5 Å². The van der Waals surface area contributed by atoms with Gasteiger partial charge < -0.3 is 24.6 Å². The highest BCUT2D eigenvalue weighted by Crippen LogP contribution is 2.25. The molecule has 156 valence electrons. The first-order valence-corrected chi connectivity index (χ1v) is 10.4. The van der Waals surface area contributed by atoms with Gasteiger partial charge in [0.25, 0.3) is 0 Å². The van der Waals surface area contributed by atoms with E-state index in [-0.39, 0.29) is 0 Å². The molecule has 0 bridgehead atoms. The Morgan fingerprint density at radius 1 is 1.13 bits per heavy atom. The first kappa shape index (κ1) is 20.2. The van der Waals surface area contributed by atoms with E-state index in [1.54, 1.807) is 7.11 Å². The summed E-state index contributed by atoms with van der Waals surface area (Å²) >= 11 is 5.36. The monoisotopic (exact) mass is 424 g/mol. The second-order valence-corrected chi connectivity index (χ2v) is 7.51. The standard InChI is InChI=1S/C22H24N4O3S/c1-27-19-8-4-5-15(13-19)21-25-20(29-26-21)14-23-22(30)24-16-9-11-18(12-10-16)28-17-6-2-3-7-17/h4-5,8-13,17H,2-3,6-7,14H2,1H3,(H2,23,24,30). The maximum atomic E-state index is 5.98. The van der Waals surface area contributed by atoms with E-state index < -0.39 is 0 Å². The Labute approximate surface area is 180 Å². The molecule has 0 radical (unpaired) electrons. The molecule has 3 aromatic rings. The molecule has 0 amide bonds. The van der Waals surface area contributed by atoms with Gasteiger partial charge in [-0.3, -0.25) is 0 Å². The number of thiocarbonyl (C=S) groups is 1. The van der Waals surface area contributed by atoms with Gasteiger partial charge in [-0.25, -0.2) is 0 Å². The van der Waals surface area contributed by atoms with Crippen LogP contribution in [0.4, 0.5) is 5.69 Å². The third-order valence-electron chi connectivity index (χ3n) is 4.91. The molecular weight excluding hydrogens is 400 g/mol. The minimum absolute atomic E-state index is 0.325. The Balaban J connectivity index is 1.27. The highest BCUT2D eigenvalue weighted by molar-refractivity contribution is 7.80. The van der Waals surface area contributed by atoms with Crippen molar-refractivity contribution in [2.75, 3.05) is 12.4 Å². The molecule has 0 atom stereocenters. The number of methoxy groups -OCH3 is 1. The number of nitrogens with one attached hydrogen (secondary N) is 2. The maximum Gasteiger partial charge on any atom is 0.246 e. The van der Waals surface area contributed by atoms with E-state index in [0.717, 1.165) is 35.6 Å². The van der Waals surface area contributed by atoms with Gasteiger partial charge in [-0.1, -0.05) is 17.3 Å². The molecule has 1 aromatic heterocycles. The molecule has 0 saturated heterocycles. The second-order valence-electron chi connectivity index (χ2n) is 7.10. The van der Waals surface area contributed by atoms with Crippen LogP contribution in [-0.4, -0.2) is 28.5 Å². The summed E-state index contributed by atoms with van der Waals surface area (Å²) in [5.74, 6) is 2.57. The number of hydrogen-bond acceptors (Lipinski definition) is 6. The normalized spacial score (nSPS) is 13.8. The number of nitrogens with zero attached hydrogens (tertiary/aromatic N) is 2. The van der Waals surface area contributed by atoms with E-state index in [4.69, 9.17) is 26.2 Å². The fourth-order valence-corrected chi connectivity index (χ4v) is 3.54. The highest BCUT2D eigenvalue weighted by atomic mass is 32.1. The summed E-state index contributed by atoms with van der Waals surface area (Å²) in [6.45, 7) is 0.325. The van der Waals surface area contributed by atoms with Crippen LogP contribution in [0.2, 0.25) is 0 Å². The van der Waals surface area contributed by atoms with Crippen molar-refractivity contribution < 1.29 is 14.0 Å². The summed E-state index contributed by atoms with van der Waals surface area (Å²) in [7, 11) is 1.62. The molecule has 4 rings (SSSR count). The predicted octanol–water partition coefficient (Wildman–Crippen LogP) is 4.55. The number of aromatic nitrogens is 2. The Morgan fingerprint density at radius 3 is 2.70 bits per heavy atom. The van der Waals surface area contributed by atoms with E-state index in [1.165, 1.54) is 12.8 Å². The summed E-state index contributed by atoms with van der Waals surface area (Å²) < 4.78 is 16.5. The molecule has 2 aromatic carbocycles. The summed E-state index contributed by atoms with van der Waals surface area (Å²) in [5.41, 5.74) is 1.71. The van der Waals surface area contributed by atoms with Crippen molar-refractivity contribution in [1.29, 1.82) is 0 Å². The minimum atomic E-state index is 0.325. The van der Waals surface area contributed by atoms with Crippen molar-refractivity contribution in [1.82, 2.24) is 15.5 Å². The topological polar surface area (TPSA) is 81.4 Å².